The molecule has 2 unspecified atom stereocenters. The Kier molecular flexibility index (Phi) is 3.78. The summed E-state index contributed by atoms with van der Waals surface area (Å²) in [5.74, 6) is -0.0414. The summed E-state index contributed by atoms with van der Waals surface area (Å²) in [7, 11) is 2.56. The Morgan fingerprint density at radius 2 is 2.54 bits per heavy atom. The van der Waals surface area contributed by atoms with Crippen LogP contribution in [-0.2, 0) is 9.59 Å². The van der Waals surface area contributed by atoms with Gasteiger partial charge in [-0.2, -0.15) is 0 Å². The summed E-state index contributed by atoms with van der Waals surface area (Å²) < 4.78 is 0. The lowest BCUT2D eigenvalue weighted by Crippen LogP contribution is -2.48. The zero-order valence-electron chi connectivity index (χ0n) is 7.14. The van der Waals surface area contributed by atoms with Crippen LogP contribution in [0.2, 0.25) is 0 Å². The predicted octanol–water partition coefficient (Wildman–Crippen LogP) is -1.47. The lowest BCUT2D eigenvalue weighted by atomic mass is 10.4. The van der Waals surface area contributed by atoms with Crippen LogP contribution < -0.4 is 5.43 Å². The summed E-state index contributed by atoms with van der Waals surface area (Å²) in [5.41, 5.74) is 2.88. The molecule has 0 saturated carbocycles. The summed E-state index contributed by atoms with van der Waals surface area (Å²) >= 11 is 0. The second-order valence-electron chi connectivity index (χ2n) is 3.02. The highest BCUT2D eigenvalue weighted by Crippen LogP contribution is 2.16. The van der Waals surface area contributed by atoms with Gasteiger partial charge in [0.25, 0.3) is 0 Å². The Hall–Kier alpha value is -0.510. The molecule has 1 saturated heterocycles. The van der Waals surface area contributed by atoms with Crippen LogP contribution in [0.3, 0.4) is 0 Å². The fourth-order valence-electron chi connectivity index (χ4n) is 1.17. The van der Waals surface area contributed by atoms with Crippen molar-refractivity contribution in [1.82, 2.24) is 10.4 Å². The summed E-state index contributed by atoms with van der Waals surface area (Å²) in [6, 6.07) is -0.681. The number of aldehydes is 1. The van der Waals surface area contributed by atoms with Gasteiger partial charge in [-0.1, -0.05) is 0 Å². The van der Waals surface area contributed by atoms with Crippen molar-refractivity contribution in [1.29, 1.82) is 0 Å². The molecule has 0 bridgehead atoms. The van der Waals surface area contributed by atoms with Gasteiger partial charge in [-0.15, -0.1) is 9.24 Å². The number of hydrogen-bond donors (Lipinski definition) is 2. The first-order chi connectivity index (χ1) is 6.17. The molecule has 1 rings (SSSR count). The third-order valence-electron chi connectivity index (χ3n) is 1.84. The van der Waals surface area contributed by atoms with Crippen molar-refractivity contribution >= 4 is 21.4 Å². The van der Waals surface area contributed by atoms with Crippen LogP contribution in [-0.4, -0.2) is 47.2 Å². The molecule has 2 N–H and O–H groups in total. The van der Waals surface area contributed by atoms with E-state index in [1.807, 2.05) is 0 Å². The minimum Gasteiger partial charge on any atom is -0.394 e. The Balaban J connectivity index is 2.44. The molecule has 13 heavy (non-hydrogen) atoms. The second-order valence-corrected chi connectivity index (χ2v) is 3.97. The monoisotopic (exact) mass is 204 g/mol. The van der Waals surface area contributed by atoms with Gasteiger partial charge in [-0.3, -0.25) is 9.80 Å². The number of rotatable bonds is 4. The molecule has 0 radical (unpaired) electrons. The standard InChI is InChI=1S/C7H13N2O3P/c10-3-5(4-11)8-9-2-6(13)1-7(9)12/h3,5-6,8,11H,1-2,4,13H2/t5-,6?/m1/s1. The van der Waals surface area contributed by atoms with Crippen LogP contribution in [0.4, 0.5) is 0 Å². The van der Waals surface area contributed by atoms with Gasteiger partial charge >= 0.3 is 0 Å². The van der Waals surface area contributed by atoms with Crippen molar-refractivity contribution in [2.45, 2.75) is 18.1 Å². The topological polar surface area (TPSA) is 69.6 Å². The molecule has 5 nitrogen and oxygen atoms in total. The number of hydrazine groups is 1. The summed E-state index contributed by atoms with van der Waals surface area (Å²) in [4.78, 5) is 21.6. The first kappa shape index (κ1) is 10.6. The second kappa shape index (κ2) is 4.65. The van der Waals surface area contributed by atoms with E-state index in [4.69, 9.17) is 5.11 Å². The number of hydrogen-bond acceptors (Lipinski definition) is 4. The molecule has 6 heteroatoms. The predicted molar refractivity (Wildman–Crippen MR) is 49.9 cm³/mol. The summed E-state index contributed by atoms with van der Waals surface area (Å²) in [5, 5.41) is 10.1. The van der Waals surface area contributed by atoms with Gasteiger partial charge in [0.1, 0.15) is 12.3 Å². The van der Waals surface area contributed by atoms with Crippen LogP contribution in [0.1, 0.15) is 6.42 Å². The van der Waals surface area contributed by atoms with Crippen LogP contribution >= 0.6 is 9.24 Å². The number of nitrogens with one attached hydrogen (secondary N) is 1. The molecule has 1 aliphatic rings. The maximum Gasteiger partial charge on any atom is 0.237 e. The quantitative estimate of drug-likeness (QED) is 0.433. The normalized spacial score (nSPS) is 24.9. The minimum atomic E-state index is -0.681. The highest BCUT2D eigenvalue weighted by Gasteiger charge is 2.27. The lowest BCUT2D eigenvalue weighted by molar-refractivity contribution is -0.131. The van der Waals surface area contributed by atoms with Gasteiger partial charge in [-0.05, 0) is 0 Å². The van der Waals surface area contributed by atoms with Crippen LogP contribution in [0.15, 0.2) is 0 Å². The number of amides is 1. The molecule has 3 atom stereocenters. The van der Waals surface area contributed by atoms with Gasteiger partial charge in [0.15, 0.2) is 0 Å². The smallest absolute Gasteiger partial charge is 0.237 e. The molecule has 0 aromatic carbocycles. The highest BCUT2D eigenvalue weighted by atomic mass is 31.0. The molecule has 0 aromatic rings. The van der Waals surface area contributed by atoms with Gasteiger partial charge in [-0.25, -0.2) is 5.43 Å². The third kappa shape index (κ3) is 2.72. The number of nitrogens with zero attached hydrogens (tertiary/aromatic N) is 1. The van der Waals surface area contributed by atoms with E-state index in [0.29, 0.717) is 19.3 Å². The average molecular weight is 204 g/mol. The van der Waals surface area contributed by atoms with E-state index in [-0.39, 0.29) is 18.2 Å². The summed E-state index contributed by atoms with van der Waals surface area (Å²) in [6.07, 6.45) is 1.05. The van der Waals surface area contributed by atoms with Gasteiger partial charge in [0.05, 0.1) is 6.61 Å². The Labute approximate surface area is 78.7 Å². The fraction of sp³-hybridized carbons (Fsp3) is 0.714. The van der Waals surface area contributed by atoms with Crippen molar-refractivity contribution in [3.05, 3.63) is 0 Å². The van der Waals surface area contributed by atoms with Crippen LogP contribution in [0.25, 0.3) is 0 Å². The zero-order chi connectivity index (χ0) is 9.84. The fourth-order valence-corrected chi connectivity index (χ4v) is 1.59. The highest BCUT2D eigenvalue weighted by molar-refractivity contribution is 7.17. The van der Waals surface area contributed by atoms with Crippen LogP contribution in [0.5, 0.6) is 0 Å². The first-order valence-corrected chi connectivity index (χ1v) is 4.72. The zero-order valence-corrected chi connectivity index (χ0v) is 8.30. The molecule has 1 fully saturated rings. The van der Waals surface area contributed by atoms with E-state index >= 15 is 0 Å². The van der Waals surface area contributed by atoms with Crippen LogP contribution in [0, 0.1) is 0 Å². The molecule has 74 valence electrons. The maximum absolute atomic E-state index is 11.2. The Morgan fingerprint density at radius 3 is 2.92 bits per heavy atom. The molecular weight excluding hydrogens is 191 g/mol. The van der Waals surface area contributed by atoms with E-state index in [1.165, 1.54) is 5.01 Å². The molecular formula is C7H13N2O3P. The Bertz CT molecular complexity index is 212. The number of aliphatic hydroxyl groups is 1. The number of aliphatic hydroxyl groups excluding tert-OH is 1. The minimum absolute atomic E-state index is 0.0414. The molecule has 1 amide bonds. The van der Waals surface area contributed by atoms with Crippen molar-refractivity contribution in [2.75, 3.05) is 13.2 Å². The van der Waals surface area contributed by atoms with E-state index in [1.54, 1.807) is 0 Å². The van der Waals surface area contributed by atoms with E-state index < -0.39 is 6.04 Å². The third-order valence-corrected chi connectivity index (χ3v) is 2.28. The van der Waals surface area contributed by atoms with Gasteiger partial charge in [0.2, 0.25) is 5.91 Å². The largest absolute Gasteiger partial charge is 0.394 e. The molecule has 1 aliphatic heterocycles. The lowest BCUT2D eigenvalue weighted by Gasteiger charge is -2.20. The van der Waals surface area contributed by atoms with Gasteiger partial charge in [0, 0.05) is 18.6 Å². The summed E-state index contributed by atoms with van der Waals surface area (Å²) in [6.45, 7) is 0.267. The van der Waals surface area contributed by atoms with Crippen molar-refractivity contribution in [3.8, 4) is 0 Å². The number of carbonyl (C=O) groups excluding carboxylic acids is 2. The molecule has 0 aromatic heterocycles. The van der Waals surface area contributed by atoms with Crippen molar-refractivity contribution in [3.63, 3.8) is 0 Å². The molecule has 0 spiro atoms. The first-order valence-electron chi connectivity index (χ1n) is 4.05. The van der Waals surface area contributed by atoms with E-state index in [0.717, 1.165) is 0 Å². The number of carbonyl (C=O) groups is 2. The van der Waals surface area contributed by atoms with E-state index in [2.05, 4.69) is 14.7 Å². The molecule has 0 aliphatic carbocycles. The van der Waals surface area contributed by atoms with Crippen molar-refractivity contribution in [2.24, 2.45) is 0 Å². The van der Waals surface area contributed by atoms with Gasteiger partial charge < -0.3 is 9.90 Å². The molecule has 1 heterocycles. The van der Waals surface area contributed by atoms with Crippen molar-refractivity contribution < 1.29 is 14.7 Å². The SMILES string of the molecule is O=C[C@H](CO)NN1CC(P)CC1=O. The Morgan fingerprint density at radius 1 is 1.85 bits per heavy atom. The van der Waals surface area contributed by atoms with E-state index in [9.17, 15) is 9.59 Å². The maximum atomic E-state index is 11.2. The average Bonchev–Trinajstić information content (AvgIpc) is 2.41.